The van der Waals surface area contributed by atoms with Gasteiger partial charge in [0.15, 0.2) is 0 Å². The van der Waals surface area contributed by atoms with Crippen LogP contribution in [0.4, 0.5) is 5.69 Å². The third-order valence-corrected chi connectivity index (χ3v) is 2.42. The third kappa shape index (κ3) is 2.72. The van der Waals surface area contributed by atoms with Crippen LogP contribution in [0.5, 0.6) is 0 Å². The molecule has 0 unspecified atom stereocenters. The largest absolute Gasteiger partial charge is 0.399 e. The summed E-state index contributed by atoms with van der Waals surface area (Å²) in [5, 5.41) is 0. The molecule has 0 aliphatic carbocycles. The summed E-state index contributed by atoms with van der Waals surface area (Å²) in [6.45, 7) is 4.74. The molecule has 1 rings (SSSR count). The monoisotopic (exact) mass is 206 g/mol. The van der Waals surface area contributed by atoms with E-state index in [0.717, 1.165) is 24.2 Å². The van der Waals surface area contributed by atoms with Crippen LogP contribution in [0, 0.1) is 6.92 Å². The summed E-state index contributed by atoms with van der Waals surface area (Å²) in [4.78, 5) is 13.6. The van der Waals surface area contributed by atoms with Gasteiger partial charge >= 0.3 is 0 Å². The van der Waals surface area contributed by atoms with Crippen LogP contribution in [-0.4, -0.2) is 24.4 Å². The zero-order valence-corrected chi connectivity index (χ0v) is 9.58. The number of nitrogen functional groups attached to an aromatic ring is 1. The lowest BCUT2D eigenvalue weighted by Gasteiger charge is -2.16. The van der Waals surface area contributed by atoms with Crippen molar-refractivity contribution < 1.29 is 4.79 Å². The Bertz CT molecular complexity index is 361. The highest BCUT2D eigenvalue weighted by Gasteiger charge is 2.10. The van der Waals surface area contributed by atoms with Crippen molar-refractivity contribution >= 4 is 11.6 Å². The Morgan fingerprint density at radius 2 is 2.13 bits per heavy atom. The van der Waals surface area contributed by atoms with Gasteiger partial charge in [0, 0.05) is 24.8 Å². The normalized spacial score (nSPS) is 10.1. The van der Waals surface area contributed by atoms with Gasteiger partial charge in [-0.25, -0.2) is 0 Å². The Kier molecular flexibility index (Phi) is 3.72. The molecular formula is C12H18N2O. The number of benzene rings is 1. The zero-order chi connectivity index (χ0) is 11.4. The summed E-state index contributed by atoms with van der Waals surface area (Å²) < 4.78 is 0. The standard InChI is InChI=1S/C12H18N2O/c1-4-7-14(3)12(15)10-5-6-11(13)9(2)8-10/h5-6,8H,4,7,13H2,1-3H3. The molecule has 3 nitrogen and oxygen atoms in total. The summed E-state index contributed by atoms with van der Waals surface area (Å²) in [5.74, 6) is 0.0555. The van der Waals surface area contributed by atoms with Crippen LogP contribution in [0.25, 0.3) is 0 Å². The molecule has 0 radical (unpaired) electrons. The highest BCUT2D eigenvalue weighted by Crippen LogP contribution is 2.13. The minimum atomic E-state index is 0.0555. The van der Waals surface area contributed by atoms with E-state index in [2.05, 4.69) is 6.92 Å². The Morgan fingerprint density at radius 3 is 2.67 bits per heavy atom. The van der Waals surface area contributed by atoms with Crippen molar-refractivity contribution in [1.29, 1.82) is 0 Å². The zero-order valence-electron chi connectivity index (χ0n) is 9.58. The number of nitrogens with zero attached hydrogens (tertiary/aromatic N) is 1. The van der Waals surface area contributed by atoms with Gasteiger partial charge in [0.05, 0.1) is 0 Å². The van der Waals surface area contributed by atoms with Crippen LogP contribution in [-0.2, 0) is 0 Å². The molecule has 0 aliphatic heterocycles. The Balaban J connectivity index is 2.87. The molecule has 82 valence electrons. The number of carbonyl (C=O) groups is 1. The number of hydrogen-bond acceptors (Lipinski definition) is 2. The number of aryl methyl sites for hydroxylation is 1. The van der Waals surface area contributed by atoms with Gasteiger partial charge in [-0.1, -0.05) is 6.92 Å². The first kappa shape index (κ1) is 11.6. The number of amides is 1. The number of nitrogens with two attached hydrogens (primary N) is 1. The molecule has 0 fully saturated rings. The predicted molar refractivity (Wildman–Crippen MR) is 62.8 cm³/mol. The van der Waals surface area contributed by atoms with Crippen molar-refractivity contribution in [2.75, 3.05) is 19.3 Å². The Labute approximate surface area is 90.9 Å². The van der Waals surface area contributed by atoms with Crippen molar-refractivity contribution in [3.63, 3.8) is 0 Å². The second-order valence-corrected chi connectivity index (χ2v) is 3.80. The maximum atomic E-state index is 11.9. The molecule has 0 bridgehead atoms. The molecule has 0 aromatic heterocycles. The van der Waals surface area contributed by atoms with Gasteiger partial charge in [-0.3, -0.25) is 4.79 Å². The lowest BCUT2D eigenvalue weighted by atomic mass is 10.1. The Hall–Kier alpha value is -1.51. The maximum Gasteiger partial charge on any atom is 0.253 e. The number of carbonyl (C=O) groups excluding carboxylic acids is 1. The minimum absolute atomic E-state index is 0.0555. The van der Waals surface area contributed by atoms with E-state index in [-0.39, 0.29) is 5.91 Å². The smallest absolute Gasteiger partial charge is 0.253 e. The lowest BCUT2D eigenvalue weighted by molar-refractivity contribution is 0.0795. The van der Waals surface area contributed by atoms with Crippen LogP contribution < -0.4 is 5.73 Å². The fraction of sp³-hybridized carbons (Fsp3) is 0.417. The summed E-state index contributed by atoms with van der Waals surface area (Å²) >= 11 is 0. The van der Waals surface area contributed by atoms with E-state index < -0.39 is 0 Å². The fourth-order valence-corrected chi connectivity index (χ4v) is 1.47. The molecular weight excluding hydrogens is 188 g/mol. The van der Waals surface area contributed by atoms with E-state index in [1.165, 1.54) is 0 Å². The van der Waals surface area contributed by atoms with Crippen molar-refractivity contribution in [1.82, 2.24) is 4.90 Å². The predicted octanol–water partition coefficient (Wildman–Crippen LogP) is 2.06. The van der Waals surface area contributed by atoms with E-state index in [4.69, 9.17) is 5.73 Å². The molecule has 3 heteroatoms. The highest BCUT2D eigenvalue weighted by atomic mass is 16.2. The molecule has 0 heterocycles. The summed E-state index contributed by atoms with van der Waals surface area (Å²) in [5.41, 5.74) is 8.08. The molecule has 0 spiro atoms. The van der Waals surface area contributed by atoms with Gasteiger partial charge in [-0.15, -0.1) is 0 Å². The van der Waals surface area contributed by atoms with Gasteiger partial charge in [0.1, 0.15) is 0 Å². The van der Waals surface area contributed by atoms with E-state index >= 15 is 0 Å². The fourth-order valence-electron chi connectivity index (χ4n) is 1.47. The molecule has 1 aromatic rings. The van der Waals surface area contributed by atoms with Gasteiger partial charge in [-0.05, 0) is 37.1 Å². The van der Waals surface area contributed by atoms with Crippen LogP contribution in [0.15, 0.2) is 18.2 Å². The number of rotatable bonds is 3. The van der Waals surface area contributed by atoms with Crippen LogP contribution in [0.3, 0.4) is 0 Å². The second kappa shape index (κ2) is 4.82. The first-order chi connectivity index (χ1) is 7.06. The van der Waals surface area contributed by atoms with Crippen molar-refractivity contribution in [2.24, 2.45) is 0 Å². The van der Waals surface area contributed by atoms with Crippen LogP contribution >= 0.6 is 0 Å². The molecule has 1 amide bonds. The van der Waals surface area contributed by atoms with E-state index in [1.807, 2.05) is 20.0 Å². The number of anilines is 1. The van der Waals surface area contributed by atoms with Crippen LogP contribution in [0.1, 0.15) is 29.3 Å². The van der Waals surface area contributed by atoms with E-state index in [0.29, 0.717) is 5.56 Å². The van der Waals surface area contributed by atoms with Gasteiger partial charge in [0.25, 0.3) is 5.91 Å². The van der Waals surface area contributed by atoms with E-state index in [1.54, 1.807) is 17.0 Å². The maximum absolute atomic E-state index is 11.9. The average molecular weight is 206 g/mol. The third-order valence-electron chi connectivity index (χ3n) is 2.42. The van der Waals surface area contributed by atoms with Crippen molar-refractivity contribution in [3.8, 4) is 0 Å². The van der Waals surface area contributed by atoms with Gasteiger partial charge in [0.2, 0.25) is 0 Å². The van der Waals surface area contributed by atoms with Crippen molar-refractivity contribution in [3.05, 3.63) is 29.3 Å². The molecule has 0 saturated heterocycles. The molecule has 0 aliphatic rings. The summed E-state index contributed by atoms with van der Waals surface area (Å²) in [6.07, 6.45) is 0.968. The highest BCUT2D eigenvalue weighted by molar-refractivity contribution is 5.94. The van der Waals surface area contributed by atoms with Crippen molar-refractivity contribution in [2.45, 2.75) is 20.3 Å². The average Bonchev–Trinajstić information content (AvgIpc) is 2.21. The summed E-state index contributed by atoms with van der Waals surface area (Å²) in [6, 6.07) is 5.39. The summed E-state index contributed by atoms with van der Waals surface area (Å²) in [7, 11) is 1.82. The lowest BCUT2D eigenvalue weighted by Crippen LogP contribution is -2.27. The first-order valence-electron chi connectivity index (χ1n) is 5.17. The molecule has 0 saturated carbocycles. The number of hydrogen-bond donors (Lipinski definition) is 1. The Morgan fingerprint density at radius 1 is 1.47 bits per heavy atom. The molecule has 1 aromatic carbocycles. The first-order valence-corrected chi connectivity index (χ1v) is 5.17. The minimum Gasteiger partial charge on any atom is -0.399 e. The van der Waals surface area contributed by atoms with Crippen LogP contribution in [0.2, 0.25) is 0 Å². The topological polar surface area (TPSA) is 46.3 Å². The van der Waals surface area contributed by atoms with Gasteiger partial charge < -0.3 is 10.6 Å². The quantitative estimate of drug-likeness (QED) is 0.769. The second-order valence-electron chi connectivity index (χ2n) is 3.80. The van der Waals surface area contributed by atoms with Gasteiger partial charge in [-0.2, -0.15) is 0 Å². The molecule has 2 N–H and O–H groups in total. The molecule has 15 heavy (non-hydrogen) atoms. The SMILES string of the molecule is CCCN(C)C(=O)c1ccc(N)c(C)c1. The van der Waals surface area contributed by atoms with E-state index in [9.17, 15) is 4.79 Å². The molecule has 0 atom stereocenters.